The van der Waals surface area contributed by atoms with E-state index in [1.807, 2.05) is 13.0 Å². The molecule has 2 N–H and O–H groups in total. The molecule has 0 fully saturated rings. The van der Waals surface area contributed by atoms with Gasteiger partial charge in [-0.1, -0.05) is 11.6 Å². The van der Waals surface area contributed by atoms with Crippen LogP contribution in [-0.4, -0.2) is 36.9 Å². The number of nitrogens with zero attached hydrogens (tertiary/aromatic N) is 3. The maximum absolute atomic E-state index is 11.6. The van der Waals surface area contributed by atoms with Crippen LogP contribution in [0.5, 0.6) is 0 Å². The Balaban J connectivity index is 2.57. The van der Waals surface area contributed by atoms with Gasteiger partial charge in [-0.3, -0.25) is 4.57 Å². The van der Waals surface area contributed by atoms with Gasteiger partial charge in [-0.05, 0) is 30.7 Å². The number of hydrogen-bond donors (Lipinski definition) is 1. The average Bonchev–Trinajstić information content (AvgIpc) is 2.83. The largest absolute Gasteiger partial charge is 0.383 e. The molecule has 0 radical (unpaired) electrons. The lowest BCUT2D eigenvalue weighted by Crippen LogP contribution is -2.20. The second-order valence-corrected chi connectivity index (χ2v) is 6.32. The van der Waals surface area contributed by atoms with Crippen LogP contribution < -0.4 is 5.14 Å². The molecule has 0 spiro atoms. The zero-order valence-electron chi connectivity index (χ0n) is 11.6. The minimum atomic E-state index is -3.96. The fourth-order valence-electron chi connectivity index (χ4n) is 1.88. The number of primary sulfonamides is 1. The van der Waals surface area contributed by atoms with Gasteiger partial charge in [-0.15, -0.1) is 10.2 Å². The van der Waals surface area contributed by atoms with Gasteiger partial charge in [-0.2, -0.15) is 0 Å². The molecule has 0 bridgehead atoms. The van der Waals surface area contributed by atoms with E-state index in [9.17, 15) is 8.42 Å². The van der Waals surface area contributed by atoms with Gasteiger partial charge in [0.1, 0.15) is 0 Å². The number of sulfonamides is 1. The highest BCUT2D eigenvalue weighted by Crippen LogP contribution is 2.24. The molecule has 0 unspecified atom stereocenters. The van der Waals surface area contributed by atoms with Crippen LogP contribution in [0, 0.1) is 6.92 Å². The topological polar surface area (TPSA) is 100 Å². The predicted molar refractivity (Wildman–Crippen MR) is 78.5 cm³/mol. The molecule has 21 heavy (non-hydrogen) atoms. The Hall–Kier alpha value is -1.48. The molecule has 1 heterocycles. The van der Waals surface area contributed by atoms with Crippen LogP contribution in [0.25, 0.3) is 11.4 Å². The lowest BCUT2D eigenvalue weighted by Gasteiger charge is -2.09. The van der Waals surface area contributed by atoms with Crippen LogP contribution in [0.3, 0.4) is 0 Å². The van der Waals surface area contributed by atoms with Gasteiger partial charge >= 0.3 is 0 Å². The molecule has 114 valence electrons. The number of nitrogens with two attached hydrogens (primary N) is 1. The summed E-state index contributed by atoms with van der Waals surface area (Å²) in [6, 6.07) is 5.27. The van der Waals surface area contributed by atoms with Crippen molar-refractivity contribution < 1.29 is 13.2 Å². The summed E-state index contributed by atoms with van der Waals surface area (Å²) < 4.78 is 29.6. The third kappa shape index (κ3) is 3.41. The third-order valence-corrected chi connectivity index (χ3v) is 4.14. The Labute approximate surface area is 127 Å². The van der Waals surface area contributed by atoms with E-state index < -0.39 is 10.0 Å². The summed E-state index contributed by atoms with van der Waals surface area (Å²) in [7, 11) is -2.44. The zero-order chi connectivity index (χ0) is 15.6. The van der Waals surface area contributed by atoms with Crippen molar-refractivity contribution in [2.75, 3.05) is 13.7 Å². The molecule has 0 amide bonds. The van der Waals surface area contributed by atoms with E-state index in [1.165, 1.54) is 11.7 Å². The molecular weight excluding hydrogens is 316 g/mol. The fraction of sp³-hybridized carbons (Fsp3) is 0.333. The Kier molecular flexibility index (Phi) is 4.62. The first-order chi connectivity index (χ1) is 9.84. The molecule has 0 atom stereocenters. The first-order valence-corrected chi connectivity index (χ1v) is 7.98. The molecule has 0 saturated carbocycles. The van der Waals surface area contributed by atoms with E-state index in [1.54, 1.807) is 12.1 Å². The van der Waals surface area contributed by atoms with Gasteiger partial charge in [0.05, 0.1) is 13.2 Å². The summed E-state index contributed by atoms with van der Waals surface area (Å²) in [4.78, 5) is 0. The highest BCUT2D eigenvalue weighted by Gasteiger charge is 2.22. The standard InChI is InChI=1S/C12H15ClN4O3S/c1-8-7-9(3-4-10(8)13)11-15-16-12(21(14,18)19)17(11)5-6-20-2/h3-4,7H,5-6H2,1-2H3,(H2,14,18,19). The quantitative estimate of drug-likeness (QED) is 0.887. The van der Waals surface area contributed by atoms with Gasteiger partial charge in [0, 0.05) is 17.7 Å². The monoisotopic (exact) mass is 330 g/mol. The van der Waals surface area contributed by atoms with Crippen LogP contribution in [0.4, 0.5) is 0 Å². The normalized spacial score (nSPS) is 11.8. The van der Waals surface area contributed by atoms with Crippen molar-refractivity contribution in [1.29, 1.82) is 0 Å². The summed E-state index contributed by atoms with van der Waals surface area (Å²) in [5.41, 5.74) is 1.56. The van der Waals surface area contributed by atoms with Gasteiger partial charge in [0.15, 0.2) is 5.82 Å². The van der Waals surface area contributed by atoms with Crippen molar-refractivity contribution in [2.24, 2.45) is 5.14 Å². The Morgan fingerprint density at radius 3 is 2.67 bits per heavy atom. The summed E-state index contributed by atoms with van der Waals surface area (Å²) in [5.74, 6) is 0.399. The third-order valence-electron chi connectivity index (χ3n) is 2.91. The Bertz CT molecular complexity index is 758. The van der Waals surface area contributed by atoms with Crippen molar-refractivity contribution in [1.82, 2.24) is 14.8 Å². The van der Waals surface area contributed by atoms with Crippen LogP contribution in [0.2, 0.25) is 5.02 Å². The molecule has 0 aliphatic rings. The minimum absolute atomic E-state index is 0.270. The van der Waals surface area contributed by atoms with Gasteiger partial charge in [0.2, 0.25) is 0 Å². The number of ether oxygens (including phenoxy) is 1. The number of methoxy groups -OCH3 is 1. The molecule has 7 nitrogen and oxygen atoms in total. The number of benzene rings is 1. The minimum Gasteiger partial charge on any atom is -0.383 e. The second-order valence-electron chi connectivity index (χ2n) is 4.46. The Morgan fingerprint density at radius 1 is 1.38 bits per heavy atom. The molecule has 1 aromatic heterocycles. The first-order valence-electron chi connectivity index (χ1n) is 6.06. The molecule has 0 aliphatic heterocycles. The number of aryl methyl sites for hydroxylation is 1. The van der Waals surface area contributed by atoms with E-state index in [0.717, 1.165) is 5.56 Å². The van der Waals surface area contributed by atoms with E-state index in [4.69, 9.17) is 21.5 Å². The molecule has 2 aromatic rings. The number of aromatic nitrogens is 3. The summed E-state index contributed by atoms with van der Waals surface area (Å²) in [6.07, 6.45) is 0. The number of hydrogen-bond acceptors (Lipinski definition) is 5. The molecule has 9 heteroatoms. The zero-order valence-corrected chi connectivity index (χ0v) is 13.1. The second kappa shape index (κ2) is 6.10. The maximum atomic E-state index is 11.6. The van der Waals surface area contributed by atoms with E-state index >= 15 is 0 Å². The first kappa shape index (κ1) is 15.9. The van der Waals surface area contributed by atoms with Crippen LogP contribution >= 0.6 is 11.6 Å². The van der Waals surface area contributed by atoms with Crippen molar-refractivity contribution in [3.8, 4) is 11.4 Å². The predicted octanol–water partition coefficient (Wildman–Crippen LogP) is 1.20. The SMILES string of the molecule is COCCn1c(-c2ccc(Cl)c(C)c2)nnc1S(N)(=O)=O. The fourth-order valence-corrected chi connectivity index (χ4v) is 2.64. The highest BCUT2D eigenvalue weighted by atomic mass is 35.5. The van der Waals surface area contributed by atoms with Crippen LogP contribution in [-0.2, 0) is 21.3 Å². The molecule has 0 saturated heterocycles. The lowest BCUT2D eigenvalue weighted by molar-refractivity contribution is 0.185. The van der Waals surface area contributed by atoms with Gasteiger partial charge < -0.3 is 4.74 Å². The summed E-state index contributed by atoms with van der Waals surface area (Å²) in [6.45, 7) is 2.43. The average molecular weight is 331 g/mol. The van der Waals surface area contributed by atoms with Gasteiger partial charge in [0.25, 0.3) is 15.2 Å². The highest BCUT2D eigenvalue weighted by molar-refractivity contribution is 7.89. The van der Waals surface area contributed by atoms with Crippen molar-refractivity contribution in [2.45, 2.75) is 18.6 Å². The summed E-state index contributed by atoms with van der Waals surface area (Å²) in [5, 5.41) is 13.1. The maximum Gasteiger partial charge on any atom is 0.273 e. The Morgan fingerprint density at radius 2 is 2.10 bits per heavy atom. The van der Waals surface area contributed by atoms with Crippen molar-refractivity contribution in [3.63, 3.8) is 0 Å². The van der Waals surface area contributed by atoms with Crippen LogP contribution in [0.15, 0.2) is 23.4 Å². The van der Waals surface area contributed by atoms with E-state index in [-0.39, 0.29) is 11.7 Å². The number of rotatable bonds is 5. The molecule has 2 rings (SSSR count). The van der Waals surface area contributed by atoms with Crippen LogP contribution in [0.1, 0.15) is 5.56 Å². The van der Waals surface area contributed by atoms with E-state index in [0.29, 0.717) is 23.0 Å². The molecule has 1 aromatic carbocycles. The van der Waals surface area contributed by atoms with Gasteiger partial charge in [-0.25, -0.2) is 13.6 Å². The molecular formula is C12H15ClN4O3S. The lowest BCUT2D eigenvalue weighted by atomic mass is 10.1. The van der Waals surface area contributed by atoms with Crippen molar-refractivity contribution >= 4 is 21.6 Å². The van der Waals surface area contributed by atoms with E-state index in [2.05, 4.69) is 10.2 Å². The molecule has 0 aliphatic carbocycles. The number of halogens is 1. The summed E-state index contributed by atoms with van der Waals surface area (Å²) >= 11 is 5.99. The van der Waals surface area contributed by atoms with Crippen molar-refractivity contribution in [3.05, 3.63) is 28.8 Å². The smallest absolute Gasteiger partial charge is 0.273 e.